The minimum absolute atomic E-state index is 0.112. The number of rotatable bonds is 2. The number of nitro groups is 1. The highest BCUT2D eigenvalue weighted by molar-refractivity contribution is 6.08. The minimum Gasteiger partial charge on any atom is -0.507 e. The Kier molecular flexibility index (Phi) is 2.85. The van der Waals surface area contributed by atoms with E-state index >= 15 is 0 Å². The molecule has 0 heterocycles. The van der Waals surface area contributed by atoms with Crippen molar-refractivity contribution in [3.8, 4) is 5.75 Å². The van der Waals surface area contributed by atoms with Gasteiger partial charge in [-0.1, -0.05) is 23.4 Å². The standard InChI is InChI=1S/C12H10N2O4/c1-7(13-16)10-6-11(14(17)18)8-4-2-3-5-9(8)12(10)15/h2-6,15-16H,1H3/b13-7+. The molecule has 6 nitrogen and oxygen atoms in total. The van der Waals surface area contributed by atoms with Crippen LogP contribution in [0.5, 0.6) is 5.75 Å². The molecule has 0 amide bonds. The molecule has 0 aliphatic heterocycles. The summed E-state index contributed by atoms with van der Waals surface area (Å²) in [5.74, 6) is -0.133. The highest BCUT2D eigenvalue weighted by Crippen LogP contribution is 2.35. The van der Waals surface area contributed by atoms with Gasteiger partial charge in [-0.2, -0.15) is 0 Å². The molecule has 2 rings (SSSR count). The lowest BCUT2D eigenvalue weighted by Crippen LogP contribution is -1.99. The Morgan fingerprint density at radius 3 is 2.50 bits per heavy atom. The highest BCUT2D eigenvalue weighted by Gasteiger charge is 2.19. The molecule has 0 aliphatic rings. The van der Waals surface area contributed by atoms with Crippen LogP contribution in [0.25, 0.3) is 10.8 Å². The first-order chi connectivity index (χ1) is 8.56. The minimum atomic E-state index is -0.532. The molecule has 2 aromatic rings. The molecule has 0 spiro atoms. The van der Waals surface area contributed by atoms with Gasteiger partial charge in [0.1, 0.15) is 5.75 Å². The van der Waals surface area contributed by atoms with Crippen molar-refractivity contribution < 1.29 is 15.2 Å². The van der Waals surface area contributed by atoms with Crippen LogP contribution in [0.15, 0.2) is 35.5 Å². The van der Waals surface area contributed by atoms with E-state index in [0.29, 0.717) is 10.8 Å². The number of nitrogens with zero attached hydrogens (tertiary/aromatic N) is 2. The molecule has 2 N–H and O–H groups in total. The summed E-state index contributed by atoms with van der Waals surface area (Å²) >= 11 is 0. The molecule has 0 bridgehead atoms. The van der Waals surface area contributed by atoms with Gasteiger partial charge in [0.2, 0.25) is 0 Å². The summed E-state index contributed by atoms with van der Waals surface area (Å²) in [6, 6.07) is 7.66. The largest absolute Gasteiger partial charge is 0.507 e. The first-order valence-corrected chi connectivity index (χ1v) is 5.14. The predicted octanol–water partition coefficient (Wildman–Crippen LogP) is 2.65. The SMILES string of the molecule is C/C(=N\O)c1cc([N+](=O)[O-])c2ccccc2c1O. The fourth-order valence-corrected chi connectivity index (χ4v) is 1.82. The number of hydrogen-bond donors (Lipinski definition) is 2. The maximum absolute atomic E-state index is 11.0. The average molecular weight is 246 g/mol. The highest BCUT2D eigenvalue weighted by atomic mass is 16.6. The Morgan fingerprint density at radius 2 is 1.94 bits per heavy atom. The predicted molar refractivity (Wildman–Crippen MR) is 66.3 cm³/mol. The van der Waals surface area contributed by atoms with Crippen molar-refractivity contribution in [3.05, 3.63) is 46.0 Å². The molecule has 6 heteroatoms. The number of nitro benzene ring substituents is 1. The fourth-order valence-electron chi connectivity index (χ4n) is 1.82. The summed E-state index contributed by atoms with van der Waals surface area (Å²) in [5.41, 5.74) is 0.116. The molecule has 0 aromatic heterocycles. The first kappa shape index (κ1) is 11.8. The molecular formula is C12H10N2O4. The van der Waals surface area contributed by atoms with E-state index in [1.165, 1.54) is 13.0 Å². The summed E-state index contributed by atoms with van der Waals surface area (Å²) in [5, 5.41) is 33.4. The Morgan fingerprint density at radius 1 is 1.33 bits per heavy atom. The summed E-state index contributed by atoms with van der Waals surface area (Å²) in [6.45, 7) is 1.45. The maximum atomic E-state index is 11.0. The van der Waals surface area contributed by atoms with Crippen molar-refractivity contribution in [2.24, 2.45) is 5.16 Å². The Hall–Kier alpha value is -2.63. The molecule has 2 aromatic carbocycles. The molecule has 0 radical (unpaired) electrons. The van der Waals surface area contributed by atoms with Gasteiger partial charge in [0.05, 0.1) is 16.0 Å². The van der Waals surface area contributed by atoms with Crippen LogP contribution in [0, 0.1) is 10.1 Å². The average Bonchev–Trinajstić information content (AvgIpc) is 2.38. The van der Waals surface area contributed by atoms with E-state index in [0.717, 1.165) is 0 Å². The van der Waals surface area contributed by atoms with Crippen molar-refractivity contribution in [1.82, 2.24) is 0 Å². The summed E-state index contributed by atoms with van der Waals surface area (Å²) < 4.78 is 0. The quantitative estimate of drug-likeness (QED) is 0.368. The zero-order valence-electron chi connectivity index (χ0n) is 9.49. The van der Waals surface area contributed by atoms with Crippen LogP contribution < -0.4 is 0 Å². The zero-order chi connectivity index (χ0) is 13.3. The van der Waals surface area contributed by atoms with Crippen LogP contribution >= 0.6 is 0 Å². The van der Waals surface area contributed by atoms with Crippen LogP contribution in [0.4, 0.5) is 5.69 Å². The summed E-state index contributed by atoms with van der Waals surface area (Å²) in [4.78, 5) is 10.5. The number of phenols is 1. The van der Waals surface area contributed by atoms with Gasteiger partial charge in [-0.15, -0.1) is 0 Å². The summed E-state index contributed by atoms with van der Waals surface area (Å²) in [7, 11) is 0. The second kappa shape index (κ2) is 4.33. The Labute approximate surface area is 102 Å². The van der Waals surface area contributed by atoms with Crippen molar-refractivity contribution >= 4 is 22.2 Å². The van der Waals surface area contributed by atoms with E-state index in [1.807, 2.05) is 0 Å². The smallest absolute Gasteiger partial charge is 0.278 e. The van der Waals surface area contributed by atoms with Gasteiger partial charge >= 0.3 is 0 Å². The lowest BCUT2D eigenvalue weighted by atomic mass is 10.0. The van der Waals surface area contributed by atoms with Gasteiger partial charge < -0.3 is 10.3 Å². The number of hydrogen-bond acceptors (Lipinski definition) is 5. The second-order valence-corrected chi connectivity index (χ2v) is 3.78. The maximum Gasteiger partial charge on any atom is 0.278 e. The van der Waals surface area contributed by atoms with Crippen molar-refractivity contribution in [3.63, 3.8) is 0 Å². The van der Waals surface area contributed by atoms with Gasteiger partial charge in [0.15, 0.2) is 0 Å². The molecule has 92 valence electrons. The van der Waals surface area contributed by atoms with E-state index in [2.05, 4.69) is 5.16 Å². The molecule has 0 saturated carbocycles. The third-order valence-electron chi connectivity index (χ3n) is 2.73. The van der Waals surface area contributed by atoms with E-state index in [4.69, 9.17) is 5.21 Å². The van der Waals surface area contributed by atoms with Gasteiger partial charge in [-0.3, -0.25) is 10.1 Å². The van der Waals surface area contributed by atoms with Gasteiger partial charge in [-0.25, -0.2) is 0 Å². The number of aromatic hydroxyl groups is 1. The molecule has 18 heavy (non-hydrogen) atoms. The monoisotopic (exact) mass is 246 g/mol. The van der Waals surface area contributed by atoms with Crippen molar-refractivity contribution in [2.45, 2.75) is 6.92 Å². The van der Waals surface area contributed by atoms with Gasteiger partial charge in [-0.05, 0) is 13.0 Å². The Balaban J connectivity index is 2.92. The molecular weight excluding hydrogens is 236 g/mol. The molecule has 0 unspecified atom stereocenters. The van der Waals surface area contributed by atoms with Crippen LogP contribution in [-0.4, -0.2) is 20.9 Å². The van der Waals surface area contributed by atoms with Crippen LogP contribution in [0.2, 0.25) is 0 Å². The van der Waals surface area contributed by atoms with E-state index in [-0.39, 0.29) is 22.7 Å². The zero-order valence-corrected chi connectivity index (χ0v) is 9.49. The van der Waals surface area contributed by atoms with Crippen LogP contribution in [-0.2, 0) is 0 Å². The first-order valence-electron chi connectivity index (χ1n) is 5.14. The third kappa shape index (κ3) is 1.73. The number of phenolic OH excluding ortho intramolecular Hbond substituents is 1. The normalized spacial score (nSPS) is 11.7. The molecule has 0 aliphatic carbocycles. The lowest BCUT2D eigenvalue weighted by Gasteiger charge is -2.07. The number of benzene rings is 2. The fraction of sp³-hybridized carbons (Fsp3) is 0.0833. The summed E-state index contributed by atoms with van der Waals surface area (Å²) in [6.07, 6.45) is 0. The van der Waals surface area contributed by atoms with E-state index in [1.54, 1.807) is 24.3 Å². The van der Waals surface area contributed by atoms with Gasteiger partial charge in [0, 0.05) is 17.0 Å². The molecule has 0 saturated heterocycles. The Bertz CT molecular complexity index is 664. The van der Waals surface area contributed by atoms with Crippen molar-refractivity contribution in [1.29, 1.82) is 0 Å². The lowest BCUT2D eigenvalue weighted by molar-refractivity contribution is -0.383. The van der Waals surface area contributed by atoms with Crippen LogP contribution in [0.3, 0.4) is 0 Å². The molecule has 0 fully saturated rings. The van der Waals surface area contributed by atoms with E-state index < -0.39 is 4.92 Å². The number of non-ortho nitro benzene ring substituents is 1. The van der Waals surface area contributed by atoms with Crippen molar-refractivity contribution in [2.75, 3.05) is 0 Å². The molecule has 0 atom stereocenters. The topological polar surface area (TPSA) is 96.0 Å². The second-order valence-electron chi connectivity index (χ2n) is 3.78. The van der Waals surface area contributed by atoms with Crippen LogP contribution in [0.1, 0.15) is 12.5 Å². The number of fused-ring (bicyclic) bond motifs is 1. The number of oxime groups is 1. The van der Waals surface area contributed by atoms with Gasteiger partial charge in [0.25, 0.3) is 5.69 Å². The van der Waals surface area contributed by atoms with E-state index in [9.17, 15) is 15.2 Å². The third-order valence-corrected chi connectivity index (χ3v) is 2.73.